The van der Waals surface area contributed by atoms with Crippen molar-refractivity contribution in [1.82, 2.24) is 4.98 Å². The standard InChI is InChI=1S/C14H14ClNO4/c1-4-20-14(17)11-6-9(15)8-5-12(18-2)13(19-3)7-10(8)16-11/h5-7H,4H2,1-3H3. The number of rotatable bonds is 4. The second-order valence-electron chi connectivity index (χ2n) is 3.93. The molecule has 0 aliphatic rings. The molecule has 0 bridgehead atoms. The summed E-state index contributed by atoms with van der Waals surface area (Å²) >= 11 is 6.19. The van der Waals surface area contributed by atoms with Gasteiger partial charge < -0.3 is 14.2 Å². The number of esters is 1. The molecule has 1 aromatic carbocycles. The number of ether oxygens (including phenoxy) is 3. The van der Waals surface area contributed by atoms with E-state index in [0.29, 0.717) is 27.4 Å². The van der Waals surface area contributed by atoms with E-state index in [1.807, 2.05) is 0 Å². The van der Waals surface area contributed by atoms with Gasteiger partial charge in [0.1, 0.15) is 0 Å². The summed E-state index contributed by atoms with van der Waals surface area (Å²) in [6.45, 7) is 2.01. The first-order valence-electron chi connectivity index (χ1n) is 6.00. The van der Waals surface area contributed by atoms with E-state index in [1.54, 1.807) is 19.1 Å². The average Bonchev–Trinajstić information content (AvgIpc) is 2.46. The highest BCUT2D eigenvalue weighted by molar-refractivity contribution is 6.35. The van der Waals surface area contributed by atoms with Gasteiger partial charge in [-0.25, -0.2) is 9.78 Å². The zero-order valence-electron chi connectivity index (χ0n) is 11.4. The second kappa shape index (κ2) is 5.96. The van der Waals surface area contributed by atoms with Crippen molar-refractivity contribution >= 4 is 28.5 Å². The first kappa shape index (κ1) is 14.4. The van der Waals surface area contributed by atoms with Gasteiger partial charge in [0, 0.05) is 11.5 Å². The van der Waals surface area contributed by atoms with E-state index in [1.165, 1.54) is 20.3 Å². The fraction of sp³-hybridized carbons (Fsp3) is 0.286. The topological polar surface area (TPSA) is 57.7 Å². The Hall–Kier alpha value is -2.01. The van der Waals surface area contributed by atoms with E-state index in [0.717, 1.165) is 0 Å². The number of carbonyl (C=O) groups excluding carboxylic acids is 1. The zero-order chi connectivity index (χ0) is 14.7. The molecule has 2 aromatic rings. The third kappa shape index (κ3) is 2.63. The normalized spacial score (nSPS) is 10.4. The molecule has 106 valence electrons. The summed E-state index contributed by atoms with van der Waals surface area (Å²) < 4.78 is 15.3. The molecule has 0 spiro atoms. The van der Waals surface area contributed by atoms with Crippen LogP contribution in [0.25, 0.3) is 10.9 Å². The summed E-state index contributed by atoms with van der Waals surface area (Å²) in [7, 11) is 3.07. The molecule has 0 fully saturated rings. The lowest BCUT2D eigenvalue weighted by atomic mass is 10.1. The quantitative estimate of drug-likeness (QED) is 0.811. The minimum atomic E-state index is -0.508. The van der Waals surface area contributed by atoms with Crippen molar-refractivity contribution in [3.63, 3.8) is 0 Å². The fourth-order valence-corrected chi connectivity index (χ4v) is 2.08. The Morgan fingerprint density at radius 2 is 1.85 bits per heavy atom. The summed E-state index contributed by atoms with van der Waals surface area (Å²) in [5, 5.41) is 1.08. The largest absolute Gasteiger partial charge is 0.493 e. The van der Waals surface area contributed by atoms with Crippen molar-refractivity contribution in [2.45, 2.75) is 6.92 Å². The van der Waals surface area contributed by atoms with Crippen molar-refractivity contribution in [2.24, 2.45) is 0 Å². The Bertz CT molecular complexity index is 657. The van der Waals surface area contributed by atoms with Crippen molar-refractivity contribution in [1.29, 1.82) is 0 Å². The Kier molecular flexibility index (Phi) is 4.29. The van der Waals surface area contributed by atoms with E-state index in [4.69, 9.17) is 25.8 Å². The van der Waals surface area contributed by atoms with E-state index < -0.39 is 5.97 Å². The molecule has 6 heteroatoms. The Morgan fingerprint density at radius 1 is 1.20 bits per heavy atom. The Labute approximate surface area is 121 Å². The minimum absolute atomic E-state index is 0.163. The van der Waals surface area contributed by atoms with Crippen molar-refractivity contribution in [3.05, 3.63) is 28.9 Å². The third-order valence-electron chi connectivity index (χ3n) is 2.75. The van der Waals surface area contributed by atoms with Crippen LogP contribution in [0.3, 0.4) is 0 Å². The molecule has 1 aromatic heterocycles. The predicted octanol–water partition coefficient (Wildman–Crippen LogP) is 3.08. The highest BCUT2D eigenvalue weighted by atomic mass is 35.5. The zero-order valence-corrected chi connectivity index (χ0v) is 12.2. The monoisotopic (exact) mass is 295 g/mol. The highest BCUT2D eigenvalue weighted by Gasteiger charge is 2.15. The van der Waals surface area contributed by atoms with Crippen LogP contribution >= 0.6 is 11.6 Å². The molecule has 1 heterocycles. The van der Waals surface area contributed by atoms with Gasteiger partial charge in [-0.2, -0.15) is 0 Å². The molecule has 0 N–H and O–H groups in total. The molecular formula is C14H14ClNO4. The molecule has 2 rings (SSSR count). The number of benzene rings is 1. The van der Waals surface area contributed by atoms with Gasteiger partial charge in [-0.1, -0.05) is 11.6 Å². The maximum atomic E-state index is 11.7. The second-order valence-corrected chi connectivity index (χ2v) is 4.34. The number of aromatic nitrogens is 1. The SMILES string of the molecule is CCOC(=O)c1cc(Cl)c2cc(OC)c(OC)cc2n1. The van der Waals surface area contributed by atoms with Crippen LogP contribution in [0.1, 0.15) is 17.4 Å². The molecule has 0 amide bonds. The number of methoxy groups -OCH3 is 2. The van der Waals surface area contributed by atoms with Crippen molar-refractivity contribution < 1.29 is 19.0 Å². The number of halogens is 1. The lowest BCUT2D eigenvalue weighted by Gasteiger charge is -2.10. The van der Waals surface area contributed by atoms with Gasteiger partial charge in [0.15, 0.2) is 17.2 Å². The van der Waals surface area contributed by atoms with Gasteiger partial charge in [0.2, 0.25) is 0 Å². The van der Waals surface area contributed by atoms with E-state index in [-0.39, 0.29) is 12.3 Å². The van der Waals surface area contributed by atoms with Crippen LogP contribution in [0, 0.1) is 0 Å². The van der Waals surface area contributed by atoms with Crippen LogP contribution in [0.5, 0.6) is 11.5 Å². The van der Waals surface area contributed by atoms with Gasteiger partial charge in [-0.15, -0.1) is 0 Å². The number of carbonyl (C=O) groups is 1. The fourth-order valence-electron chi connectivity index (χ4n) is 1.82. The van der Waals surface area contributed by atoms with Gasteiger partial charge in [-0.3, -0.25) is 0 Å². The Balaban J connectivity index is 2.61. The first-order chi connectivity index (χ1) is 9.60. The van der Waals surface area contributed by atoms with Crippen LogP contribution in [-0.2, 0) is 4.74 Å². The number of pyridine rings is 1. The van der Waals surface area contributed by atoms with Gasteiger partial charge in [0.25, 0.3) is 0 Å². The molecule has 5 nitrogen and oxygen atoms in total. The molecule has 0 atom stereocenters. The third-order valence-corrected chi connectivity index (χ3v) is 3.06. The van der Waals surface area contributed by atoms with Crippen molar-refractivity contribution in [3.8, 4) is 11.5 Å². The van der Waals surface area contributed by atoms with Crippen LogP contribution in [0.15, 0.2) is 18.2 Å². The molecule has 0 unspecified atom stereocenters. The first-order valence-corrected chi connectivity index (χ1v) is 6.37. The summed E-state index contributed by atoms with van der Waals surface area (Å²) in [6.07, 6.45) is 0. The summed E-state index contributed by atoms with van der Waals surface area (Å²) in [5.74, 6) is 0.559. The van der Waals surface area contributed by atoms with Crippen LogP contribution in [0.4, 0.5) is 0 Å². The molecule has 0 saturated carbocycles. The lowest BCUT2D eigenvalue weighted by Crippen LogP contribution is -2.07. The maximum Gasteiger partial charge on any atom is 0.356 e. The van der Waals surface area contributed by atoms with E-state index >= 15 is 0 Å². The highest BCUT2D eigenvalue weighted by Crippen LogP contribution is 2.34. The number of hydrogen-bond acceptors (Lipinski definition) is 5. The Morgan fingerprint density at radius 3 is 2.45 bits per heavy atom. The number of hydrogen-bond donors (Lipinski definition) is 0. The van der Waals surface area contributed by atoms with E-state index in [2.05, 4.69) is 4.98 Å². The summed E-state index contributed by atoms with van der Waals surface area (Å²) in [6, 6.07) is 4.87. The number of nitrogens with zero attached hydrogens (tertiary/aromatic N) is 1. The van der Waals surface area contributed by atoms with Crippen LogP contribution < -0.4 is 9.47 Å². The molecular weight excluding hydrogens is 282 g/mol. The molecule has 0 aliphatic carbocycles. The van der Waals surface area contributed by atoms with E-state index in [9.17, 15) is 4.79 Å². The summed E-state index contributed by atoms with van der Waals surface area (Å²) in [4.78, 5) is 16.0. The van der Waals surface area contributed by atoms with Crippen LogP contribution in [0.2, 0.25) is 5.02 Å². The van der Waals surface area contributed by atoms with Gasteiger partial charge in [-0.05, 0) is 19.1 Å². The van der Waals surface area contributed by atoms with Gasteiger partial charge >= 0.3 is 5.97 Å². The molecule has 0 saturated heterocycles. The maximum absolute atomic E-state index is 11.7. The minimum Gasteiger partial charge on any atom is -0.493 e. The summed E-state index contributed by atoms with van der Waals surface area (Å²) in [5.41, 5.74) is 0.703. The smallest absolute Gasteiger partial charge is 0.356 e. The molecule has 0 aliphatic heterocycles. The molecule has 20 heavy (non-hydrogen) atoms. The van der Waals surface area contributed by atoms with Gasteiger partial charge in [0.05, 0.1) is 31.4 Å². The average molecular weight is 296 g/mol. The number of fused-ring (bicyclic) bond motifs is 1. The lowest BCUT2D eigenvalue weighted by molar-refractivity contribution is 0.0520. The van der Waals surface area contributed by atoms with Crippen LogP contribution in [-0.4, -0.2) is 31.8 Å². The molecule has 0 radical (unpaired) electrons. The predicted molar refractivity (Wildman–Crippen MR) is 75.8 cm³/mol. The van der Waals surface area contributed by atoms with Crippen molar-refractivity contribution in [2.75, 3.05) is 20.8 Å².